The summed E-state index contributed by atoms with van der Waals surface area (Å²) in [5.41, 5.74) is 7.15. The summed E-state index contributed by atoms with van der Waals surface area (Å²) < 4.78 is 0. The second-order valence-electron chi connectivity index (χ2n) is 6.21. The lowest BCUT2D eigenvalue weighted by Gasteiger charge is -2.12. The van der Waals surface area contributed by atoms with Gasteiger partial charge in [0.15, 0.2) is 0 Å². The second kappa shape index (κ2) is 6.76. The van der Waals surface area contributed by atoms with E-state index in [4.69, 9.17) is 0 Å². The van der Waals surface area contributed by atoms with Gasteiger partial charge in [-0.15, -0.1) is 0 Å². The number of hydrogen-bond acceptors (Lipinski definition) is 4. The van der Waals surface area contributed by atoms with Gasteiger partial charge in [-0.25, -0.2) is 9.97 Å². The average Bonchev–Trinajstić information content (AvgIpc) is 2.67. The van der Waals surface area contributed by atoms with Gasteiger partial charge in [0.2, 0.25) is 0 Å². The summed E-state index contributed by atoms with van der Waals surface area (Å²) in [4.78, 5) is 12.9. The predicted octanol–water partition coefficient (Wildman–Crippen LogP) is 5.30. The minimum absolute atomic E-state index is 0.901. The van der Waals surface area contributed by atoms with Gasteiger partial charge >= 0.3 is 0 Å². The molecular formula is C22H18N4. The van der Waals surface area contributed by atoms with E-state index in [0.717, 1.165) is 44.5 Å². The second-order valence-corrected chi connectivity index (χ2v) is 6.21. The molecule has 4 heteroatoms. The molecule has 26 heavy (non-hydrogen) atoms. The van der Waals surface area contributed by atoms with Crippen LogP contribution >= 0.6 is 0 Å². The maximum absolute atomic E-state index is 4.52. The van der Waals surface area contributed by atoms with Crippen molar-refractivity contribution in [3.05, 3.63) is 85.7 Å². The van der Waals surface area contributed by atoms with Gasteiger partial charge in [-0.2, -0.15) is 0 Å². The third kappa shape index (κ3) is 3.17. The van der Waals surface area contributed by atoms with Gasteiger partial charge in [0.05, 0.1) is 5.52 Å². The van der Waals surface area contributed by atoms with Crippen LogP contribution < -0.4 is 5.32 Å². The number of allylic oxidation sites excluding steroid dienone is 1. The molecule has 0 aliphatic carbocycles. The van der Waals surface area contributed by atoms with Crippen LogP contribution in [0.5, 0.6) is 0 Å². The maximum Gasteiger partial charge on any atom is 0.116 e. The van der Waals surface area contributed by atoms with Crippen molar-refractivity contribution in [2.75, 3.05) is 5.32 Å². The van der Waals surface area contributed by atoms with E-state index in [1.54, 1.807) is 12.5 Å². The number of nitrogens with one attached hydrogen (secondary N) is 1. The summed E-state index contributed by atoms with van der Waals surface area (Å²) in [7, 11) is 0. The fourth-order valence-electron chi connectivity index (χ4n) is 3.04. The van der Waals surface area contributed by atoms with E-state index >= 15 is 0 Å². The van der Waals surface area contributed by atoms with Crippen LogP contribution in [0, 0.1) is 0 Å². The number of benzene rings is 2. The third-order valence-electron chi connectivity index (χ3n) is 4.13. The van der Waals surface area contributed by atoms with Gasteiger partial charge in [-0.1, -0.05) is 24.8 Å². The van der Waals surface area contributed by atoms with Crippen molar-refractivity contribution in [2.45, 2.75) is 6.92 Å². The Hall–Kier alpha value is -3.53. The molecule has 4 nitrogen and oxygen atoms in total. The summed E-state index contributed by atoms with van der Waals surface area (Å²) in [6, 6.07) is 16.5. The van der Waals surface area contributed by atoms with Gasteiger partial charge in [-0.3, -0.25) is 4.98 Å². The van der Waals surface area contributed by atoms with Gasteiger partial charge < -0.3 is 5.32 Å². The van der Waals surface area contributed by atoms with Crippen molar-refractivity contribution >= 4 is 16.6 Å². The van der Waals surface area contributed by atoms with E-state index in [9.17, 15) is 0 Å². The Kier molecular flexibility index (Phi) is 4.15. The van der Waals surface area contributed by atoms with Gasteiger partial charge in [0, 0.05) is 46.5 Å². The molecule has 0 fully saturated rings. The Labute approximate surface area is 152 Å². The Morgan fingerprint density at radius 1 is 0.923 bits per heavy atom. The minimum Gasteiger partial charge on any atom is -0.360 e. The number of aromatic nitrogens is 3. The van der Waals surface area contributed by atoms with E-state index in [2.05, 4.69) is 57.2 Å². The lowest BCUT2D eigenvalue weighted by Crippen LogP contribution is -1.94. The molecule has 2 aromatic carbocycles. The van der Waals surface area contributed by atoms with Crippen molar-refractivity contribution in [1.82, 2.24) is 15.0 Å². The Balaban J connectivity index is 1.93. The molecule has 0 amide bonds. The van der Waals surface area contributed by atoms with Crippen molar-refractivity contribution in [1.29, 1.82) is 0 Å². The molecule has 0 aliphatic rings. The first-order valence-corrected chi connectivity index (χ1v) is 8.38. The van der Waals surface area contributed by atoms with Crippen molar-refractivity contribution in [3.8, 4) is 22.3 Å². The third-order valence-corrected chi connectivity index (χ3v) is 4.13. The topological polar surface area (TPSA) is 50.7 Å². The molecule has 0 spiro atoms. The molecular weight excluding hydrogens is 320 g/mol. The monoisotopic (exact) mass is 338 g/mol. The first-order chi connectivity index (χ1) is 12.7. The van der Waals surface area contributed by atoms with Crippen LogP contribution in [0.25, 0.3) is 33.2 Å². The van der Waals surface area contributed by atoms with E-state index in [1.165, 1.54) is 0 Å². The number of rotatable bonds is 4. The summed E-state index contributed by atoms with van der Waals surface area (Å²) in [5, 5.41) is 4.27. The highest BCUT2D eigenvalue weighted by atomic mass is 14.9. The van der Waals surface area contributed by atoms with Crippen LogP contribution in [0.15, 0.2) is 85.7 Å². The molecule has 0 aliphatic heterocycles. The first kappa shape index (κ1) is 16.0. The summed E-state index contributed by atoms with van der Waals surface area (Å²) in [6.45, 7) is 5.86. The van der Waals surface area contributed by atoms with E-state index in [0.29, 0.717) is 0 Å². The van der Waals surface area contributed by atoms with Crippen LogP contribution in [0.2, 0.25) is 0 Å². The Morgan fingerprint density at radius 3 is 2.62 bits per heavy atom. The molecule has 2 heterocycles. The smallest absolute Gasteiger partial charge is 0.116 e. The highest BCUT2D eigenvalue weighted by Gasteiger charge is 2.10. The molecule has 0 radical (unpaired) electrons. The first-order valence-electron chi connectivity index (χ1n) is 8.38. The fourth-order valence-corrected chi connectivity index (χ4v) is 3.04. The van der Waals surface area contributed by atoms with Gasteiger partial charge in [0.1, 0.15) is 6.33 Å². The molecule has 1 N–H and O–H groups in total. The zero-order valence-electron chi connectivity index (χ0n) is 14.5. The highest BCUT2D eigenvalue weighted by Crippen LogP contribution is 2.33. The predicted molar refractivity (Wildman–Crippen MR) is 107 cm³/mol. The molecule has 4 rings (SSSR count). The lowest BCUT2D eigenvalue weighted by atomic mass is 9.96. The number of anilines is 1. The van der Waals surface area contributed by atoms with E-state index in [-0.39, 0.29) is 0 Å². The number of nitrogens with zero attached hydrogens (tertiary/aromatic N) is 3. The molecule has 4 aromatic rings. The maximum atomic E-state index is 4.52. The lowest BCUT2D eigenvalue weighted by molar-refractivity contribution is 1.22. The van der Waals surface area contributed by atoms with Crippen molar-refractivity contribution in [3.63, 3.8) is 0 Å². The van der Waals surface area contributed by atoms with Crippen LogP contribution in [-0.2, 0) is 0 Å². The fraction of sp³-hybridized carbons (Fsp3) is 0.0455. The number of fused-ring (bicyclic) bond motifs is 1. The van der Waals surface area contributed by atoms with E-state index < -0.39 is 0 Å². The quantitative estimate of drug-likeness (QED) is 0.548. The standard InChI is InChI=1S/C22H18N4/c1-15(2)26-20-7-3-5-16(10-20)21-11-18(17-6-4-8-23-12-17)9-19-13-24-14-25-22(19)21/h3-14,26H,1H2,2H3. The molecule has 0 saturated carbocycles. The molecule has 0 atom stereocenters. The summed E-state index contributed by atoms with van der Waals surface area (Å²) in [5.74, 6) is 0. The van der Waals surface area contributed by atoms with Crippen LogP contribution in [-0.4, -0.2) is 15.0 Å². The van der Waals surface area contributed by atoms with Gasteiger partial charge in [0.25, 0.3) is 0 Å². The zero-order chi connectivity index (χ0) is 17.9. The largest absolute Gasteiger partial charge is 0.360 e. The minimum atomic E-state index is 0.901. The van der Waals surface area contributed by atoms with Crippen LogP contribution in [0.3, 0.4) is 0 Å². The Morgan fingerprint density at radius 2 is 1.81 bits per heavy atom. The zero-order valence-corrected chi connectivity index (χ0v) is 14.5. The van der Waals surface area contributed by atoms with Crippen molar-refractivity contribution < 1.29 is 0 Å². The van der Waals surface area contributed by atoms with Crippen molar-refractivity contribution in [2.24, 2.45) is 0 Å². The SMILES string of the molecule is C=C(C)Nc1cccc(-c2cc(-c3cccnc3)cc3cncnc23)c1. The molecule has 2 aromatic heterocycles. The highest BCUT2D eigenvalue weighted by molar-refractivity contribution is 5.97. The molecule has 0 unspecified atom stereocenters. The molecule has 126 valence electrons. The average molecular weight is 338 g/mol. The molecule has 0 bridgehead atoms. The van der Waals surface area contributed by atoms with Gasteiger partial charge in [-0.05, 0) is 48.4 Å². The number of hydrogen-bond donors (Lipinski definition) is 1. The Bertz CT molecular complexity index is 1090. The van der Waals surface area contributed by atoms with Crippen LogP contribution in [0.1, 0.15) is 6.92 Å². The normalized spacial score (nSPS) is 10.7. The van der Waals surface area contributed by atoms with Crippen LogP contribution in [0.4, 0.5) is 5.69 Å². The summed E-state index contributed by atoms with van der Waals surface area (Å²) in [6.07, 6.45) is 7.09. The molecule has 0 saturated heterocycles. The summed E-state index contributed by atoms with van der Waals surface area (Å²) >= 11 is 0. The van der Waals surface area contributed by atoms with E-state index in [1.807, 2.05) is 37.5 Å². The number of pyridine rings is 1.